The van der Waals surface area contributed by atoms with Crippen molar-refractivity contribution >= 4 is 5.97 Å². The highest BCUT2D eigenvalue weighted by Crippen LogP contribution is 2.27. The minimum atomic E-state index is -1.19. The van der Waals surface area contributed by atoms with E-state index in [2.05, 4.69) is 4.98 Å². The largest absolute Gasteiger partial charge is 0.478 e. The topological polar surface area (TPSA) is 50.2 Å². The second kappa shape index (κ2) is 5.96. The van der Waals surface area contributed by atoms with Crippen LogP contribution in [0.25, 0.3) is 22.5 Å². The summed E-state index contributed by atoms with van der Waals surface area (Å²) in [6.07, 6.45) is 0. The molecule has 0 aliphatic heterocycles. The molecule has 0 atom stereocenters. The van der Waals surface area contributed by atoms with Crippen LogP contribution in [-0.2, 0) is 0 Å². The normalized spacial score (nSPS) is 10.5. The van der Waals surface area contributed by atoms with Crippen LogP contribution in [0.3, 0.4) is 0 Å². The molecule has 0 saturated carbocycles. The van der Waals surface area contributed by atoms with Crippen molar-refractivity contribution < 1.29 is 18.7 Å². The molecule has 2 aromatic carbocycles. The van der Waals surface area contributed by atoms with Gasteiger partial charge in [0.1, 0.15) is 11.6 Å². The highest BCUT2D eigenvalue weighted by atomic mass is 19.1. The number of carboxylic acid groups (broad SMARTS) is 1. The lowest BCUT2D eigenvalue weighted by Crippen LogP contribution is -2.01. The standard InChI is InChI=1S/C18H11F2NO2/c19-14-7-3-1-5-12(14)16-9-11(18(22)23)10-17(21-16)13-6-2-4-8-15(13)20/h1-10H,(H,22,23). The molecule has 0 aliphatic carbocycles. The quantitative estimate of drug-likeness (QED) is 0.780. The van der Waals surface area contributed by atoms with Gasteiger partial charge < -0.3 is 5.11 Å². The fourth-order valence-corrected chi connectivity index (χ4v) is 2.27. The summed E-state index contributed by atoms with van der Waals surface area (Å²) in [6.45, 7) is 0. The number of hydrogen-bond donors (Lipinski definition) is 1. The number of aromatic nitrogens is 1. The van der Waals surface area contributed by atoms with Gasteiger partial charge in [0.2, 0.25) is 0 Å². The molecular weight excluding hydrogens is 300 g/mol. The van der Waals surface area contributed by atoms with Crippen LogP contribution in [0.1, 0.15) is 10.4 Å². The van der Waals surface area contributed by atoms with Gasteiger partial charge in [-0.3, -0.25) is 0 Å². The second-order valence-electron chi connectivity index (χ2n) is 4.89. The molecule has 0 radical (unpaired) electrons. The Morgan fingerprint density at radius 2 is 1.26 bits per heavy atom. The Balaban J connectivity index is 2.25. The van der Waals surface area contributed by atoms with E-state index in [0.717, 1.165) is 0 Å². The van der Waals surface area contributed by atoms with Crippen LogP contribution in [0.2, 0.25) is 0 Å². The van der Waals surface area contributed by atoms with Crippen LogP contribution in [0.5, 0.6) is 0 Å². The van der Waals surface area contributed by atoms with E-state index in [1.807, 2.05) is 0 Å². The van der Waals surface area contributed by atoms with Crippen LogP contribution in [0.15, 0.2) is 60.7 Å². The molecule has 0 bridgehead atoms. The van der Waals surface area contributed by atoms with Crippen molar-refractivity contribution in [2.24, 2.45) is 0 Å². The monoisotopic (exact) mass is 311 g/mol. The van der Waals surface area contributed by atoms with Crippen molar-refractivity contribution in [1.82, 2.24) is 4.98 Å². The molecule has 0 unspecified atom stereocenters. The number of hydrogen-bond acceptors (Lipinski definition) is 2. The van der Waals surface area contributed by atoms with Crippen LogP contribution in [0.4, 0.5) is 8.78 Å². The third-order valence-electron chi connectivity index (χ3n) is 3.37. The van der Waals surface area contributed by atoms with E-state index >= 15 is 0 Å². The molecule has 3 rings (SSSR count). The van der Waals surface area contributed by atoms with E-state index in [1.54, 1.807) is 12.1 Å². The molecule has 1 N–H and O–H groups in total. The van der Waals surface area contributed by atoms with Crippen molar-refractivity contribution in [2.45, 2.75) is 0 Å². The summed E-state index contributed by atoms with van der Waals surface area (Å²) in [4.78, 5) is 15.6. The molecule has 0 fully saturated rings. The first-order chi connectivity index (χ1) is 11.1. The summed E-state index contributed by atoms with van der Waals surface area (Å²) >= 11 is 0. The molecule has 1 heterocycles. The van der Waals surface area contributed by atoms with Gasteiger partial charge in [-0.2, -0.15) is 0 Å². The molecular formula is C18H11F2NO2. The van der Waals surface area contributed by atoms with Crippen LogP contribution in [0, 0.1) is 11.6 Å². The number of nitrogens with zero attached hydrogens (tertiary/aromatic N) is 1. The molecule has 23 heavy (non-hydrogen) atoms. The lowest BCUT2D eigenvalue weighted by molar-refractivity contribution is 0.0697. The maximum absolute atomic E-state index is 14.0. The molecule has 0 amide bonds. The lowest BCUT2D eigenvalue weighted by atomic mass is 10.0. The second-order valence-corrected chi connectivity index (χ2v) is 4.89. The molecule has 0 spiro atoms. The molecule has 3 nitrogen and oxygen atoms in total. The minimum Gasteiger partial charge on any atom is -0.478 e. The van der Waals surface area contributed by atoms with E-state index in [1.165, 1.54) is 48.5 Å². The van der Waals surface area contributed by atoms with E-state index in [4.69, 9.17) is 0 Å². The first-order valence-electron chi connectivity index (χ1n) is 6.81. The Hall–Kier alpha value is -3.08. The van der Waals surface area contributed by atoms with Gasteiger partial charge in [0.15, 0.2) is 0 Å². The van der Waals surface area contributed by atoms with Gasteiger partial charge in [0, 0.05) is 11.1 Å². The smallest absolute Gasteiger partial charge is 0.335 e. The summed E-state index contributed by atoms with van der Waals surface area (Å²) in [5, 5.41) is 9.25. The lowest BCUT2D eigenvalue weighted by Gasteiger charge is -2.09. The van der Waals surface area contributed by atoms with E-state index in [-0.39, 0.29) is 28.1 Å². The summed E-state index contributed by atoms with van der Waals surface area (Å²) in [6, 6.07) is 14.3. The van der Waals surface area contributed by atoms with Crippen LogP contribution < -0.4 is 0 Å². The first kappa shape index (κ1) is 14.8. The molecule has 5 heteroatoms. The summed E-state index contributed by atoms with van der Waals surface area (Å²) in [7, 11) is 0. The Morgan fingerprint density at radius 3 is 1.65 bits per heavy atom. The molecule has 1 aromatic heterocycles. The highest BCUT2D eigenvalue weighted by Gasteiger charge is 2.15. The number of carboxylic acids is 1. The number of pyridine rings is 1. The van der Waals surface area contributed by atoms with Gasteiger partial charge in [-0.1, -0.05) is 24.3 Å². The fraction of sp³-hybridized carbons (Fsp3) is 0. The number of halogens is 2. The maximum atomic E-state index is 14.0. The summed E-state index contributed by atoms with van der Waals surface area (Å²) in [5.74, 6) is -2.24. The molecule has 114 valence electrons. The van der Waals surface area contributed by atoms with Crippen molar-refractivity contribution in [3.63, 3.8) is 0 Å². The predicted molar refractivity (Wildman–Crippen MR) is 82.0 cm³/mol. The van der Waals surface area contributed by atoms with Gasteiger partial charge >= 0.3 is 5.97 Å². The Morgan fingerprint density at radius 1 is 0.826 bits per heavy atom. The van der Waals surface area contributed by atoms with E-state index < -0.39 is 17.6 Å². The molecule has 3 aromatic rings. The Bertz CT molecular complexity index is 830. The third kappa shape index (κ3) is 2.94. The first-order valence-corrected chi connectivity index (χ1v) is 6.81. The zero-order chi connectivity index (χ0) is 16.4. The maximum Gasteiger partial charge on any atom is 0.335 e. The van der Waals surface area contributed by atoms with Gasteiger partial charge in [-0.25, -0.2) is 18.6 Å². The third-order valence-corrected chi connectivity index (χ3v) is 3.37. The minimum absolute atomic E-state index is 0.0866. The van der Waals surface area contributed by atoms with E-state index in [9.17, 15) is 18.7 Å². The zero-order valence-electron chi connectivity index (χ0n) is 11.8. The Labute approximate surface area is 130 Å². The van der Waals surface area contributed by atoms with Crippen molar-refractivity contribution in [3.05, 3.63) is 77.9 Å². The average Bonchev–Trinajstić information content (AvgIpc) is 2.55. The number of rotatable bonds is 3. The SMILES string of the molecule is O=C(O)c1cc(-c2ccccc2F)nc(-c2ccccc2F)c1. The number of benzene rings is 2. The van der Waals surface area contributed by atoms with Crippen molar-refractivity contribution in [1.29, 1.82) is 0 Å². The number of aromatic carboxylic acids is 1. The van der Waals surface area contributed by atoms with Crippen LogP contribution >= 0.6 is 0 Å². The van der Waals surface area contributed by atoms with Gasteiger partial charge in [-0.05, 0) is 36.4 Å². The van der Waals surface area contributed by atoms with Crippen molar-refractivity contribution in [2.75, 3.05) is 0 Å². The predicted octanol–water partition coefficient (Wildman–Crippen LogP) is 4.39. The van der Waals surface area contributed by atoms with Gasteiger partial charge in [0.25, 0.3) is 0 Å². The van der Waals surface area contributed by atoms with Crippen LogP contribution in [-0.4, -0.2) is 16.1 Å². The van der Waals surface area contributed by atoms with E-state index in [0.29, 0.717) is 0 Å². The number of carbonyl (C=O) groups is 1. The molecule has 0 aliphatic rings. The van der Waals surface area contributed by atoms with Crippen molar-refractivity contribution in [3.8, 4) is 22.5 Å². The van der Waals surface area contributed by atoms with Gasteiger partial charge in [-0.15, -0.1) is 0 Å². The summed E-state index contributed by atoms with van der Waals surface area (Å²) in [5.41, 5.74) is 0.514. The zero-order valence-corrected chi connectivity index (χ0v) is 11.8. The van der Waals surface area contributed by atoms with Gasteiger partial charge in [0.05, 0.1) is 17.0 Å². The molecule has 0 saturated heterocycles. The highest BCUT2D eigenvalue weighted by molar-refractivity contribution is 5.90. The Kier molecular flexibility index (Phi) is 3.85. The average molecular weight is 311 g/mol. The summed E-state index contributed by atoms with van der Waals surface area (Å²) < 4.78 is 27.9. The fourth-order valence-electron chi connectivity index (χ4n) is 2.27.